The number of likely N-dealkylation sites (N-methyl/N-ethyl adjacent to an activating group) is 1. The maximum Gasteiger partial charge on any atom is 0.238 e. The zero-order valence-electron chi connectivity index (χ0n) is 14.3. The van der Waals surface area contributed by atoms with E-state index in [-0.39, 0.29) is 24.8 Å². The fourth-order valence-corrected chi connectivity index (χ4v) is 2.59. The summed E-state index contributed by atoms with van der Waals surface area (Å²) in [6.45, 7) is 0.309. The van der Waals surface area contributed by atoms with Crippen molar-refractivity contribution in [1.82, 2.24) is 4.90 Å². The first-order valence-corrected chi connectivity index (χ1v) is 7.95. The van der Waals surface area contributed by atoms with E-state index in [4.69, 9.17) is 21.1 Å². The predicted molar refractivity (Wildman–Crippen MR) is 95.9 cm³/mol. The van der Waals surface area contributed by atoms with Crippen molar-refractivity contribution < 1.29 is 18.7 Å². The van der Waals surface area contributed by atoms with Gasteiger partial charge in [0.2, 0.25) is 5.91 Å². The molecule has 0 radical (unpaired) electrons. The summed E-state index contributed by atoms with van der Waals surface area (Å²) in [5.74, 6) is 0.473. The second-order valence-corrected chi connectivity index (χ2v) is 5.90. The Bertz CT molecular complexity index is 735. The summed E-state index contributed by atoms with van der Waals surface area (Å²) in [5.41, 5.74) is 0.950. The van der Waals surface area contributed by atoms with Crippen LogP contribution >= 0.6 is 11.6 Å². The third kappa shape index (κ3) is 5.08. The van der Waals surface area contributed by atoms with Crippen LogP contribution in [0.1, 0.15) is 5.56 Å². The fraction of sp³-hybridized carbons (Fsp3) is 0.278. The number of nitrogens with zero attached hydrogens (tertiary/aromatic N) is 1. The number of hydrogen-bond donors (Lipinski definition) is 1. The molecule has 1 N–H and O–H groups in total. The van der Waals surface area contributed by atoms with Crippen LogP contribution in [-0.2, 0) is 11.3 Å². The van der Waals surface area contributed by atoms with E-state index >= 15 is 0 Å². The van der Waals surface area contributed by atoms with Gasteiger partial charge in [0.15, 0.2) is 11.5 Å². The number of benzene rings is 2. The molecule has 2 rings (SSSR count). The van der Waals surface area contributed by atoms with Crippen LogP contribution in [0.2, 0.25) is 5.02 Å². The first-order chi connectivity index (χ1) is 11.9. The summed E-state index contributed by atoms with van der Waals surface area (Å²) in [7, 11) is 4.78. The van der Waals surface area contributed by atoms with Crippen molar-refractivity contribution in [2.45, 2.75) is 6.54 Å². The summed E-state index contributed by atoms with van der Waals surface area (Å²) in [4.78, 5) is 13.9. The minimum absolute atomic E-state index is 0.0823. The fourth-order valence-electron chi connectivity index (χ4n) is 2.37. The van der Waals surface area contributed by atoms with Gasteiger partial charge in [-0.25, -0.2) is 4.39 Å². The van der Waals surface area contributed by atoms with Crippen LogP contribution in [0.15, 0.2) is 36.4 Å². The molecule has 0 fully saturated rings. The van der Waals surface area contributed by atoms with Gasteiger partial charge < -0.3 is 14.8 Å². The zero-order valence-corrected chi connectivity index (χ0v) is 15.1. The van der Waals surface area contributed by atoms with Crippen LogP contribution in [0.4, 0.5) is 10.1 Å². The number of carbonyl (C=O) groups excluding carboxylic acids is 1. The van der Waals surface area contributed by atoms with Gasteiger partial charge in [0.1, 0.15) is 5.82 Å². The summed E-state index contributed by atoms with van der Waals surface area (Å²) in [5, 5.41) is 3.11. The smallest absolute Gasteiger partial charge is 0.238 e. The van der Waals surface area contributed by atoms with Crippen LogP contribution in [-0.4, -0.2) is 38.6 Å². The van der Waals surface area contributed by atoms with E-state index in [1.54, 1.807) is 49.4 Å². The van der Waals surface area contributed by atoms with Crippen molar-refractivity contribution in [2.24, 2.45) is 0 Å². The number of nitrogens with one attached hydrogen (secondary N) is 1. The average Bonchev–Trinajstić information content (AvgIpc) is 2.58. The van der Waals surface area contributed by atoms with E-state index in [2.05, 4.69) is 5.32 Å². The molecule has 7 heteroatoms. The Balaban J connectivity index is 1.98. The van der Waals surface area contributed by atoms with E-state index in [1.807, 2.05) is 0 Å². The molecule has 0 aromatic heterocycles. The molecule has 0 saturated heterocycles. The molecule has 0 unspecified atom stereocenters. The zero-order chi connectivity index (χ0) is 18.4. The van der Waals surface area contributed by atoms with Gasteiger partial charge in [-0.15, -0.1) is 0 Å². The lowest BCUT2D eigenvalue weighted by Crippen LogP contribution is -2.30. The number of anilines is 1. The lowest BCUT2D eigenvalue weighted by molar-refractivity contribution is -0.117. The first-order valence-electron chi connectivity index (χ1n) is 7.58. The second kappa shape index (κ2) is 8.69. The Morgan fingerprint density at radius 3 is 2.56 bits per heavy atom. The van der Waals surface area contributed by atoms with Crippen LogP contribution in [0.25, 0.3) is 0 Å². The van der Waals surface area contributed by atoms with Crippen molar-refractivity contribution in [3.8, 4) is 11.5 Å². The van der Waals surface area contributed by atoms with Crippen molar-refractivity contribution >= 4 is 23.2 Å². The maximum absolute atomic E-state index is 13.8. The van der Waals surface area contributed by atoms with E-state index in [0.29, 0.717) is 27.8 Å². The van der Waals surface area contributed by atoms with Gasteiger partial charge in [-0.2, -0.15) is 0 Å². The highest BCUT2D eigenvalue weighted by atomic mass is 35.5. The highest BCUT2D eigenvalue weighted by molar-refractivity contribution is 6.31. The molecule has 2 aromatic carbocycles. The summed E-state index contributed by atoms with van der Waals surface area (Å²) >= 11 is 6.01. The quantitative estimate of drug-likeness (QED) is 0.814. The van der Waals surface area contributed by atoms with Crippen molar-refractivity contribution in [3.63, 3.8) is 0 Å². The third-order valence-corrected chi connectivity index (χ3v) is 3.92. The second-order valence-electron chi connectivity index (χ2n) is 5.49. The molecule has 1 amide bonds. The minimum Gasteiger partial charge on any atom is -0.493 e. The Hall–Kier alpha value is -2.31. The molecule has 2 aromatic rings. The minimum atomic E-state index is -0.389. The Morgan fingerprint density at radius 2 is 1.92 bits per heavy atom. The van der Waals surface area contributed by atoms with E-state index in [1.165, 1.54) is 13.2 Å². The molecule has 0 aliphatic rings. The third-order valence-electron chi connectivity index (χ3n) is 3.57. The van der Waals surface area contributed by atoms with Gasteiger partial charge >= 0.3 is 0 Å². The SMILES string of the molecule is COc1ccc(NC(=O)CN(C)Cc2c(F)cccc2Cl)cc1OC. The molecule has 0 aliphatic heterocycles. The maximum atomic E-state index is 13.8. The molecular weight excluding hydrogens is 347 g/mol. The molecule has 0 heterocycles. The Labute approximate surface area is 151 Å². The number of ether oxygens (including phenoxy) is 2. The summed E-state index contributed by atoms with van der Waals surface area (Å²) in [6.07, 6.45) is 0. The molecule has 134 valence electrons. The van der Waals surface area contributed by atoms with Crippen LogP contribution < -0.4 is 14.8 Å². The summed E-state index contributed by atoms with van der Waals surface area (Å²) < 4.78 is 24.2. The molecular formula is C18H20ClFN2O3. The largest absolute Gasteiger partial charge is 0.493 e. The molecule has 0 atom stereocenters. The monoisotopic (exact) mass is 366 g/mol. The van der Waals surface area contributed by atoms with Gasteiger partial charge in [0.05, 0.1) is 20.8 Å². The number of amides is 1. The van der Waals surface area contributed by atoms with Crippen molar-refractivity contribution in [1.29, 1.82) is 0 Å². The number of rotatable bonds is 7. The number of halogens is 2. The Morgan fingerprint density at radius 1 is 1.20 bits per heavy atom. The van der Waals surface area contributed by atoms with Gasteiger partial charge in [-0.05, 0) is 31.3 Å². The lowest BCUT2D eigenvalue weighted by atomic mass is 10.2. The first kappa shape index (κ1) is 19.0. The standard InChI is InChI=1S/C18H20ClFN2O3/c1-22(10-13-14(19)5-4-6-15(13)20)11-18(23)21-12-7-8-16(24-2)17(9-12)25-3/h4-9H,10-11H2,1-3H3,(H,21,23). The molecule has 0 spiro atoms. The average molecular weight is 367 g/mol. The highest BCUT2D eigenvalue weighted by Gasteiger charge is 2.13. The topological polar surface area (TPSA) is 50.8 Å². The van der Waals surface area contributed by atoms with E-state index in [0.717, 1.165) is 0 Å². The van der Waals surface area contributed by atoms with Crippen molar-refractivity contribution in [2.75, 3.05) is 33.1 Å². The molecule has 25 heavy (non-hydrogen) atoms. The highest BCUT2D eigenvalue weighted by Crippen LogP contribution is 2.29. The summed E-state index contributed by atoms with van der Waals surface area (Å²) in [6, 6.07) is 9.61. The number of carbonyl (C=O) groups is 1. The normalized spacial score (nSPS) is 10.6. The van der Waals surface area contributed by atoms with E-state index in [9.17, 15) is 9.18 Å². The van der Waals surface area contributed by atoms with E-state index < -0.39 is 0 Å². The van der Waals surface area contributed by atoms with Crippen LogP contribution in [0.5, 0.6) is 11.5 Å². The van der Waals surface area contributed by atoms with Gasteiger partial charge in [-0.3, -0.25) is 9.69 Å². The van der Waals surface area contributed by atoms with Crippen LogP contribution in [0, 0.1) is 5.82 Å². The molecule has 5 nitrogen and oxygen atoms in total. The van der Waals surface area contributed by atoms with Gasteiger partial charge in [0.25, 0.3) is 0 Å². The number of methoxy groups -OCH3 is 2. The predicted octanol–water partition coefficient (Wildman–Crippen LogP) is 3.57. The molecule has 0 bridgehead atoms. The number of hydrogen-bond acceptors (Lipinski definition) is 4. The van der Waals surface area contributed by atoms with Crippen molar-refractivity contribution in [3.05, 3.63) is 52.8 Å². The molecule has 0 aliphatic carbocycles. The van der Waals surface area contributed by atoms with Gasteiger partial charge in [-0.1, -0.05) is 17.7 Å². The molecule has 0 saturated carbocycles. The van der Waals surface area contributed by atoms with Gasteiger partial charge in [0, 0.05) is 28.9 Å². The lowest BCUT2D eigenvalue weighted by Gasteiger charge is -2.18. The Kier molecular flexibility index (Phi) is 6.61. The van der Waals surface area contributed by atoms with Crippen LogP contribution in [0.3, 0.4) is 0 Å².